The van der Waals surface area contributed by atoms with Crippen LogP contribution in [0.2, 0.25) is 0 Å². The fourth-order valence-electron chi connectivity index (χ4n) is 1.74. The van der Waals surface area contributed by atoms with Crippen molar-refractivity contribution in [2.75, 3.05) is 32.7 Å². The van der Waals surface area contributed by atoms with Crippen LogP contribution >= 0.6 is 11.6 Å². The van der Waals surface area contributed by atoms with E-state index in [1.807, 2.05) is 4.90 Å². The molecule has 1 fully saturated rings. The van der Waals surface area contributed by atoms with E-state index in [4.69, 9.17) is 11.6 Å². The summed E-state index contributed by atoms with van der Waals surface area (Å²) in [6.07, 6.45) is 0.514. The number of nitrogens with zero attached hydrogens (tertiary/aromatic N) is 2. The van der Waals surface area contributed by atoms with Gasteiger partial charge in [0.15, 0.2) is 0 Å². The van der Waals surface area contributed by atoms with Crippen molar-refractivity contribution in [3.63, 3.8) is 0 Å². The highest BCUT2D eigenvalue weighted by Gasteiger charge is 2.27. The van der Waals surface area contributed by atoms with Gasteiger partial charge in [-0.05, 0) is 13.1 Å². The predicted octanol–water partition coefficient (Wildman–Crippen LogP) is 1.17. The van der Waals surface area contributed by atoms with Crippen molar-refractivity contribution in [3.05, 3.63) is 0 Å². The number of halogens is 1. The minimum atomic E-state index is 0.0270. The Morgan fingerprint density at radius 1 is 1.50 bits per heavy atom. The molecule has 1 unspecified atom stereocenters. The van der Waals surface area contributed by atoms with E-state index in [1.165, 1.54) is 0 Å². The molecule has 1 saturated heterocycles. The zero-order valence-corrected chi connectivity index (χ0v) is 9.76. The second-order valence-electron chi connectivity index (χ2n) is 3.67. The molecule has 0 aromatic heterocycles. The van der Waals surface area contributed by atoms with Crippen molar-refractivity contribution in [2.24, 2.45) is 0 Å². The van der Waals surface area contributed by atoms with Gasteiger partial charge in [-0.1, -0.05) is 13.8 Å². The Bertz CT molecular complexity index is 195. The summed E-state index contributed by atoms with van der Waals surface area (Å²) in [7, 11) is 0. The first-order valence-electron chi connectivity index (χ1n) is 5.31. The highest BCUT2D eigenvalue weighted by molar-refractivity contribution is 6.22. The molecule has 0 bridgehead atoms. The molecule has 0 aromatic rings. The fourth-order valence-corrected chi connectivity index (χ4v) is 2.04. The fraction of sp³-hybridized carbons (Fsp3) is 0.900. The average Bonchev–Trinajstić information content (AvgIpc) is 2.47. The lowest BCUT2D eigenvalue weighted by Crippen LogP contribution is -2.35. The normalized spacial score (nSPS) is 22.4. The van der Waals surface area contributed by atoms with Crippen LogP contribution in [0, 0.1) is 0 Å². The Kier molecular flexibility index (Phi) is 4.69. The molecule has 1 aliphatic heterocycles. The van der Waals surface area contributed by atoms with E-state index in [9.17, 15) is 4.79 Å². The van der Waals surface area contributed by atoms with Crippen molar-refractivity contribution in [1.82, 2.24) is 9.80 Å². The molecule has 1 amide bonds. The Morgan fingerprint density at radius 3 is 2.57 bits per heavy atom. The summed E-state index contributed by atoms with van der Waals surface area (Å²) in [6.45, 7) is 8.87. The number of amides is 1. The summed E-state index contributed by atoms with van der Waals surface area (Å²) >= 11 is 5.91. The average molecular weight is 219 g/mol. The zero-order chi connectivity index (χ0) is 10.6. The number of carbonyl (C=O) groups excluding carboxylic acids is 1. The van der Waals surface area contributed by atoms with Gasteiger partial charge in [0, 0.05) is 26.1 Å². The lowest BCUT2D eigenvalue weighted by molar-refractivity contribution is -0.127. The number of rotatable bonds is 5. The standard InChI is InChI=1S/C10H19ClN2O/c1-3-12(4-2)5-6-13-8-9(11)7-10(13)14/h9H,3-8H2,1-2H3. The van der Waals surface area contributed by atoms with Crippen LogP contribution in [0.25, 0.3) is 0 Å². The van der Waals surface area contributed by atoms with E-state index in [0.29, 0.717) is 6.42 Å². The highest BCUT2D eigenvalue weighted by atomic mass is 35.5. The first kappa shape index (κ1) is 11.8. The molecule has 0 aromatic carbocycles. The number of likely N-dealkylation sites (tertiary alicyclic amines) is 1. The molecule has 0 spiro atoms. The Morgan fingerprint density at radius 2 is 2.14 bits per heavy atom. The van der Waals surface area contributed by atoms with Gasteiger partial charge in [-0.3, -0.25) is 4.79 Å². The van der Waals surface area contributed by atoms with Crippen molar-refractivity contribution >= 4 is 17.5 Å². The molecule has 1 atom stereocenters. The van der Waals surface area contributed by atoms with E-state index >= 15 is 0 Å². The summed E-state index contributed by atoms with van der Waals surface area (Å²) in [4.78, 5) is 15.6. The Hall–Kier alpha value is -0.280. The van der Waals surface area contributed by atoms with Gasteiger partial charge in [0.25, 0.3) is 0 Å². The summed E-state index contributed by atoms with van der Waals surface area (Å²) in [6, 6.07) is 0. The number of likely N-dealkylation sites (N-methyl/N-ethyl adjacent to an activating group) is 1. The van der Waals surface area contributed by atoms with E-state index in [-0.39, 0.29) is 11.3 Å². The van der Waals surface area contributed by atoms with Gasteiger partial charge in [-0.25, -0.2) is 0 Å². The van der Waals surface area contributed by atoms with Crippen LogP contribution in [0.5, 0.6) is 0 Å². The topological polar surface area (TPSA) is 23.6 Å². The molecule has 1 heterocycles. The predicted molar refractivity (Wildman–Crippen MR) is 58.6 cm³/mol. The summed E-state index contributed by atoms with van der Waals surface area (Å²) in [5, 5.41) is 0.0270. The van der Waals surface area contributed by atoms with Crippen LogP contribution in [0.1, 0.15) is 20.3 Å². The molecule has 3 nitrogen and oxygen atoms in total. The van der Waals surface area contributed by atoms with Crippen LogP contribution in [0.4, 0.5) is 0 Å². The van der Waals surface area contributed by atoms with Gasteiger partial charge in [0.2, 0.25) is 5.91 Å². The molecule has 82 valence electrons. The summed E-state index contributed by atoms with van der Waals surface area (Å²) in [5.74, 6) is 0.206. The monoisotopic (exact) mass is 218 g/mol. The lowest BCUT2D eigenvalue weighted by Gasteiger charge is -2.22. The van der Waals surface area contributed by atoms with Gasteiger partial charge in [0.1, 0.15) is 0 Å². The second kappa shape index (κ2) is 5.56. The first-order chi connectivity index (χ1) is 6.67. The molecule has 1 rings (SSSR count). The van der Waals surface area contributed by atoms with Crippen LogP contribution in [-0.4, -0.2) is 53.8 Å². The molecule has 0 aliphatic carbocycles. The SMILES string of the molecule is CCN(CC)CCN1CC(Cl)CC1=O. The molecular formula is C10H19ClN2O. The third-order valence-corrected chi connectivity index (χ3v) is 3.04. The maximum Gasteiger partial charge on any atom is 0.224 e. The lowest BCUT2D eigenvalue weighted by atomic mass is 10.4. The number of hydrogen-bond donors (Lipinski definition) is 0. The molecular weight excluding hydrogens is 200 g/mol. The van der Waals surface area contributed by atoms with E-state index in [2.05, 4.69) is 18.7 Å². The third-order valence-electron chi connectivity index (χ3n) is 2.75. The molecule has 4 heteroatoms. The second-order valence-corrected chi connectivity index (χ2v) is 4.29. The van der Waals surface area contributed by atoms with Crippen LogP contribution in [0.3, 0.4) is 0 Å². The van der Waals surface area contributed by atoms with Gasteiger partial charge < -0.3 is 9.80 Å². The molecule has 14 heavy (non-hydrogen) atoms. The van der Waals surface area contributed by atoms with Crippen molar-refractivity contribution in [3.8, 4) is 0 Å². The third kappa shape index (κ3) is 3.14. The smallest absolute Gasteiger partial charge is 0.224 e. The maximum absolute atomic E-state index is 11.4. The van der Waals surface area contributed by atoms with Gasteiger partial charge in [-0.15, -0.1) is 11.6 Å². The molecule has 0 N–H and O–H groups in total. The Labute approximate surface area is 91.0 Å². The van der Waals surface area contributed by atoms with Gasteiger partial charge >= 0.3 is 0 Å². The van der Waals surface area contributed by atoms with E-state index in [1.54, 1.807) is 0 Å². The minimum Gasteiger partial charge on any atom is -0.340 e. The minimum absolute atomic E-state index is 0.0270. The quantitative estimate of drug-likeness (QED) is 0.647. The van der Waals surface area contributed by atoms with E-state index < -0.39 is 0 Å². The van der Waals surface area contributed by atoms with E-state index in [0.717, 1.165) is 32.7 Å². The van der Waals surface area contributed by atoms with Gasteiger partial charge in [0.05, 0.1) is 5.38 Å². The number of alkyl halides is 1. The van der Waals surface area contributed by atoms with Crippen LogP contribution in [0.15, 0.2) is 0 Å². The van der Waals surface area contributed by atoms with Crippen molar-refractivity contribution in [2.45, 2.75) is 25.6 Å². The summed E-state index contributed by atoms with van der Waals surface area (Å²) in [5.41, 5.74) is 0. The highest BCUT2D eigenvalue weighted by Crippen LogP contribution is 2.15. The largest absolute Gasteiger partial charge is 0.340 e. The molecule has 0 radical (unpaired) electrons. The molecule has 1 aliphatic rings. The zero-order valence-electron chi connectivity index (χ0n) is 9.00. The molecule has 0 saturated carbocycles. The first-order valence-corrected chi connectivity index (χ1v) is 5.75. The van der Waals surface area contributed by atoms with Crippen LogP contribution < -0.4 is 0 Å². The summed E-state index contributed by atoms with van der Waals surface area (Å²) < 4.78 is 0. The Balaban J connectivity index is 2.27. The number of hydrogen-bond acceptors (Lipinski definition) is 2. The maximum atomic E-state index is 11.4. The van der Waals surface area contributed by atoms with Crippen molar-refractivity contribution < 1.29 is 4.79 Å². The van der Waals surface area contributed by atoms with Crippen LogP contribution in [-0.2, 0) is 4.79 Å². The van der Waals surface area contributed by atoms with Gasteiger partial charge in [-0.2, -0.15) is 0 Å². The van der Waals surface area contributed by atoms with Crippen molar-refractivity contribution in [1.29, 1.82) is 0 Å². The number of carbonyl (C=O) groups is 1.